The van der Waals surface area contributed by atoms with E-state index in [9.17, 15) is 0 Å². The number of rotatable bonds is 3. The van der Waals surface area contributed by atoms with E-state index in [4.69, 9.17) is 8.83 Å². The fourth-order valence-electron chi connectivity index (χ4n) is 7.78. The summed E-state index contributed by atoms with van der Waals surface area (Å²) in [5, 5.41) is 12.3. The average molecular weight is 577 g/mol. The van der Waals surface area contributed by atoms with Crippen molar-refractivity contribution in [3.63, 3.8) is 0 Å². The molecule has 0 fully saturated rings. The quantitative estimate of drug-likeness (QED) is 0.196. The van der Waals surface area contributed by atoms with Gasteiger partial charge in [-0.25, -0.2) is 0 Å². The van der Waals surface area contributed by atoms with Crippen LogP contribution >= 0.6 is 0 Å². The molecule has 0 N–H and O–H groups in total. The summed E-state index contributed by atoms with van der Waals surface area (Å²) >= 11 is 0. The van der Waals surface area contributed by atoms with Crippen LogP contribution in [0.1, 0.15) is 25.3 Å². The molecule has 2 heterocycles. The van der Waals surface area contributed by atoms with E-state index in [0.717, 1.165) is 55.0 Å². The number of hydrogen-bond acceptors (Lipinski definition) is 2. The summed E-state index contributed by atoms with van der Waals surface area (Å²) in [4.78, 5) is 0. The van der Waals surface area contributed by atoms with Gasteiger partial charge in [0, 0.05) is 32.7 Å². The van der Waals surface area contributed by atoms with Gasteiger partial charge in [-0.2, -0.15) is 0 Å². The van der Waals surface area contributed by atoms with Crippen LogP contribution in [-0.4, -0.2) is 0 Å². The zero-order chi connectivity index (χ0) is 29.8. The van der Waals surface area contributed by atoms with E-state index >= 15 is 0 Å². The van der Waals surface area contributed by atoms with Crippen LogP contribution in [0.3, 0.4) is 0 Å². The van der Waals surface area contributed by atoms with E-state index in [-0.39, 0.29) is 0 Å². The molecule has 2 heteroatoms. The second-order valence-corrected chi connectivity index (χ2v) is 12.6. The lowest BCUT2D eigenvalue weighted by Crippen LogP contribution is -1.96. The van der Waals surface area contributed by atoms with Gasteiger partial charge in [0.05, 0.1) is 0 Å². The Kier molecular flexibility index (Phi) is 4.94. The molecule has 0 aliphatic heterocycles. The molecule has 0 saturated heterocycles. The van der Waals surface area contributed by atoms with Crippen LogP contribution in [0, 0.1) is 0 Å². The van der Waals surface area contributed by atoms with Crippen molar-refractivity contribution in [3.8, 4) is 22.3 Å². The van der Waals surface area contributed by atoms with E-state index in [1.165, 1.54) is 49.0 Å². The number of para-hydroxylation sites is 4. The normalized spacial score (nSPS) is 12.4. The number of furan rings is 2. The van der Waals surface area contributed by atoms with Crippen molar-refractivity contribution in [2.45, 2.75) is 19.8 Å². The molecular weight excluding hydrogens is 548 g/mol. The Morgan fingerprint density at radius 1 is 0.400 bits per heavy atom. The topological polar surface area (TPSA) is 26.3 Å². The molecule has 8 aromatic carbocycles. The number of fused-ring (bicyclic) bond motifs is 6. The average Bonchev–Trinajstić information content (AvgIpc) is 3.65. The fraction of sp³-hybridized carbons (Fsp3) is 0.0698. The first-order chi connectivity index (χ1) is 22.2. The summed E-state index contributed by atoms with van der Waals surface area (Å²) in [7, 11) is 0. The maximum Gasteiger partial charge on any atom is 0.143 e. The summed E-state index contributed by atoms with van der Waals surface area (Å²) in [6.07, 6.45) is 0. The Balaban J connectivity index is 1.33. The molecule has 0 aliphatic carbocycles. The monoisotopic (exact) mass is 576 g/mol. The highest BCUT2D eigenvalue weighted by molar-refractivity contribution is 6.29. The van der Waals surface area contributed by atoms with E-state index in [2.05, 4.69) is 129 Å². The van der Waals surface area contributed by atoms with Crippen molar-refractivity contribution in [1.82, 2.24) is 0 Å². The molecule has 0 bridgehead atoms. The summed E-state index contributed by atoms with van der Waals surface area (Å²) in [6, 6.07) is 45.9. The van der Waals surface area contributed by atoms with E-state index in [1.54, 1.807) is 0 Å². The molecule has 0 aliphatic rings. The SMILES string of the molecule is CC(C)c1cc(-c2cccc3c2oc2ccccc23)c2ccc3ccc(-c4cccc5c4oc4ccccc45)c4ccc1c2c34. The molecule has 0 spiro atoms. The van der Waals surface area contributed by atoms with Crippen LogP contribution in [-0.2, 0) is 0 Å². The first kappa shape index (κ1) is 24.8. The Bertz CT molecular complexity index is 2790. The molecule has 0 saturated carbocycles. The first-order valence-corrected chi connectivity index (χ1v) is 15.7. The molecular formula is C43H28O2. The molecule has 0 amide bonds. The van der Waals surface area contributed by atoms with Gasteiger partial charge in [0.15, 0.2) is 0 Å². The highest BCUT2D eigenvalue weighted by atomic mass is 16.3. The van der Waals surface area contributed by atoms with Gasteiger partial charge in [0.2, 0.25) is 0 Å². The fourth-order valence-corrected chi connectivity index (χ4v) is 7.78. The Labute approximate surface area is 259 Å². The summed E-state index contributed by atoms with van der Waals surface area (Å²) < 4.78 is 13.1. The molecule has 212 valence electrons. The molecule has 10 rings (SSSR count). The Hall–Kier alpha value is -5.60. The molecule has 0 atom stereocenters. The Morgan fingerprint density at radius 3 is 1.60 bits per heavy atom. The zero-order valence-electron chi connectivity index (χ0n) is 25.0. The third-order valence-corrected chi connectivity index (χ3v) is 9.82. The highest BCUT2D eigenvalue weighted by Gasteiger charge is 2.22. The van der Waals surface area contributed by atoms with Crippen molar-refractivity contribution < 1.29 is 8.83 Å². The lowest BCUT2D eigenvalue weighted by Gasteiger charge is -2.20. The van der Waals surface area contributed by atoms with Gasteiger partial charge >= 0.3 is 0 Å². The van der Waals surface area contributed by atoms with Gasteiger partial charge in [0.1, 0.15) is 22.3 Å². The van der Waals surface area contributed by atoms with Gasteiger partial charge < -0.3 is 8.83 Å². The minimum atomic E-state index is 0.354. The molecule has 2 aromatic heterocycles. The standard InChI is InChI=1S/C43H28O2/c1-24(2)36-23-37(35-14-8-13-34-28-10-4-6-16-39(28)45-43(34)35)31-20-18-25-17-19-26(29-21-22-30(36)41(31)40(25)29)32-11-7-12-33-27-9-3-5-15-38(27)44-42(32)33/h3-24H,1-2H3. The largest absolute Gasteiger partial charge is 0.455 e. The van der Waals surface area contributed by atoms with Crippen molar-refractivity contribution >= 4 is 76.2 Å². The van der Waals surface area contributed by atoms with Gasteiger partial charge in [0.25, 0.3) is 0 Å². The number of benzene rings is 8. The van der Waals surface area contributed by atoms with Crippen LogP contribution in [0.25, 0.3) is 98.4 Å². The van der Waals surface area contributed by atoms with Crippen LogP contribution < -0.4 is 0 Å². The third kappa shape index (κ3) is 3.34. The van der Waals surface area contributed by atoms with Crippen LogP contribution in [0.4, 0.5) is 0 Å². The highest BCUT2D eigenvalue weighted by Crippen LogP contribution is 2.47. The van der Waals surface area contributed by atoms with E-state index in [0.29, 0.717) is 5.92 Å². The molecule has 0 unspecified atom stereocenters. The van der Waals surface area contributed by atoms with Crippen LogP contribution in [0.15, 0.2) is 136 Å². The van der Waals surface area contributed by atoms with E-state index < -0.39 is 0 Å². The maximum atomic E-state index is 6.56. The summed E-state index contributed by atoms with van der Waals surface area (Å²) in [6.45, 7) is 4.59. The predicted molar refractivity (Wildman–Crippen MR) is 190 cm³/mol. The molecule has 2 nitrogen and oxygen atoms in total. The minimum Gasteiger partial charge on any atom is -0.455 e. The lowest BCUT2D eigenvalue weighted by atomic mass is 9.83. The predicted octanol–water partition coefficient (Wildman–Crippen LogP) is 12.8. The van der Waals surface area contributed by atoms with Gasteiger partial charge in [-0.3, -0.25) is 0 Å². The van der Waals surface area contributed by atoms with Gasteiger partial charge in [-0.05, 0) is 73.1 Å². The van der Waals surface area contributed by atoms with Crippen molar-refractivity contribution in [3.05, 3.63) is 133 Å². The second kappa shape index (κ2) is 8.97. The summed E-state index contributed by atoms with van der Waals surface area (Å²) in [5.41, 5.74) is 9.75. The maximum absolute atomic E-state index is 6.56. The zero-order valence-corrected chi connectivity index (χ0v) is 25.0. The Morgan fingerprint density at radius 2 is 0.933 bits per heavy atom. The molecule has 45 heavy (non-hydrogen) atoms. The van der Waals surface area contributed by atoms with Gasteiger partial charge in [-0.15, -0.1) is 0 Å². The molecule has 0 radical (unpaired) electrons. The van der Waals surface area contributed by atoms with Crippen LogP contribution in [0.5, 0.6) is 0 Å². The van der Waals surface area contributed by atoms with E-state index in [1.807, 2.05) is 12.1 Å². The van der Waals surface area contributed by atoms with Gasteiger partial charge in [-0.1, -0.05) is 123 Å². The lowest BCUT2D eigenvalue weighted by molar-refractivity contribution is 0.669. The first-order valence-electron chi connectivity index (χ1n) is 15.7. The molecule has 10 aromatic rings. The third-order valence-electron chi connectivity index (χ3n) is 9.82. The van der Waals surface area contributed by atoms with Crippen LogP contribution in [0.2, 0.25) is 0 Å². The summed E-state index contributed by atoms with van der Waals surface area (Å²) in [5.74, 6) is 0.354. The van der Waals surface area contributed by atoms with Crippen molar-refractivity contribution in [1.29, 1.82) is 0 Å². The second-order valence-electron chi connectivity index (χ2n) is 12.6. The minimum absolute atomic E-state index is 0.354. The number of hydrogen-bond donors (Lipinski definition) is 0. The van der Waals surface area contributed by atoms with Crippen molar-refractivity contribution in [2.24, 2.45) is 0 Å². The van der Waals surface area contributed by atoms with Crippen molar-refractivity contribution in [2.75, 3.05) is 0 Å². The smallest absolute Gasteiger partial charge is 0.143 e.